The highest BCUT2D eigenvalue weighted by Gasteiger charge is 2.06. The van der Waals surface area contributed by atoms with E-state index in [4.69, 9.17) is 5.73 Å². The number of nitrogens with one attached hydrogen (secondary N) is 1. The molecule has 1 aromatic carbocycles. The number of anilines is 3. The van der Waals surface area contributed by atoms with Gasteiger partial charge in [0.1, 0.15) is 5.82 Å². The molecule has 0 saturated heterocycles. The average molecular weight is 299 g/mol. The van der Waals surface area contributed by atoms with Gasteiger partial charge in [-0.15, -0.1) is 0 Å². The van der Waals surface area contributed by atoms with Gasteiger partial charge in [-0.2, -0.15) is 4.98 Å². The molecule has 2 rings (SSSR count). The predicted octanol–water partition coefficient (Wildman–Crippen LogP) is 3.00. The van der Waals surface area contributed by atoms with Gasteiger partial charge in [0.25, 0.3) is 0 Å². The molecule has 0 amide bonds. The van der Waals surface area contributed by atoms with Gasteiger partial charge in [0.15, 0.2) is 0 Å². The number of nitrogens with two attached hydrogens (primary N) is 1. The van der Waals surface area contributed by atoms with Crippen LogP contribution in [0.3, 0.4) is 0 Å². The zero-order valence-corrected chi connectivity index (χ0v) is 13.6. The summed E-state index contributed by atoms with van der Waals surface area (Å²) in [5.74, 6) is 1.11. The molecule has 2 aromatic rings. The van der Waals surface area contributed by atoms with Gasteiger partial charge in [0.05, 0.1) is 0 Å². The average Bonchev–Trinajstić information content (AvgIpc) is 2.47. The molecule has 0 aliphatic rings. The van der Waals surface area contributed by atoms with E-state index in [0.29, 0.717) is 11.8 Å². The maximum Gasteiger partial charge on any atom is 0.229 e. The summed E-state index contributed by atoms with van der Waals surface area (Å²) >= 11 is 0. The van der Waals surface area contributed by atoms with Crippen molar-refractivity contribution in [3.8, 4) is 0 Å². The summed E-state index contributed by atoms with van der Waals surface area (Å²) in [4.78, 5) is 10.9. The number of aromatic nitrogens is 2. The Balaban J connectivity index is 1.96. The van der Waals surface area contributed by atoms with Crippen LogP contribution in [-0.2, 0) is 6.42 Å². The van der Waals surface area contributed by atoms with Gasteiger partial charge in [0.2, 0.25) is 5.95 Å². The second kappa shape index (κ2) is 7.75. The summed E-state index contributed by atoms with van der Waals surface area (Å²) in [5.41, 5.74) is 9.23. The van der Waals surface area contributed by atoms with Crippen molar-refractivity contribution >= 4 is 17.5 Å². The first-order valence-corrected chi connectivity index (χ1v) is 7.65. The predicted molar refractivity (Wildman–Crippen MR) is 92.4 cm³/mol. The van der Waals surface area contributed by atoms with Crippen LogP contribution in [-0.4, -0.2) is 35.5 Å². The molecule has 0 unspecified atom stereocenters. The fraction of sp³-hybridized carbons (Fsp3) is 0.412. The Hall–Kier alpha value is -2.14. The van der Waals surface area contributed by atoms with Crippen molar-refractivity contribution in [2.24, 2.45) is 0 Å². The molecule has 0 saturated carbocycles. The zero-order chi connectivity index (χ0) is 15.9. The van der Waals surface area contributed by atoms with Crippen LogP contribution < -0.4 is 11.1 Å². The minimum absolute atomic E-state index is 0.545. The Kier molecular flexibility index (Phi) is 5.72. The molecule has 0 bridgehead atoms. The van der Waals surface area contributed by atoms with Crippen LogP contribution in [0.5, 0.6) is 0 Å². The highest BCUT2D eigenvalue weighted by molar-refractivity contribution is 5.59. The first-order valence-electron chi connectivity index (χ1n) is 7.65. The fourth-order valence-corrected chi connectivity index (χ4v) is 2.25. The number of nitrogens with zero attached hydrogens (tertiary/aromatic N) is 3. The third kappa shape index (κ3) is 4.70. The second-order valence-electron chi connectivity index (χ2n) is 5.80. The number of hydrogen-bond acceptors (Lipinski definition) is 5. The van der Waals surface area contributed by atoms with Gasteiger partial charge in [-0.05, 0) is 58.5 Å². The number of benzene rings is 1. The van der Waals surface area contributed by atoms with E-state index in [0.717, 1.165) is 42.6 Å². The van der Waals surface area contributed by atoms with Crippen molar-refractivity contribution in [3.63, 3.8) is 0 Å². The maximum absolute atomic E-state index is 6.05. The van der Waals surface area contributed by atoms with Gasteiger partial charge in [0, 0.05) is 17.4 Å². The Morgan fingerprint density at radius 3 is 2.64 bits per heavy atom. The summed E-state index contributed by atoms with van der Waals surface area (Å²) < 4.78 is 0. The quantitative estimate of drug-likeness (QED) is 0.769. The highest BCUT2D eigenvalue weighted by Crippen LogP contribution is 2.19. The van der Waals surface area contributed by atoms with Crippen LogP contribution >= 0.6 is 0 Å². The molecule has 118 valence electrons. The molecule has 0 aliphatic heterocycles. The lowest BCUT2D eigenvalue weighted by molar-refractivity contribution is 0.394. The Morgan fingerprint density at radius 1 is 1.18 bits per heavy atom. The molecule has 0 fully saturated rings. The van der Waals surface area contributed by atoms with Gasteiger partial charge in [-0.25, -0.2) is 4.98 Å². The first-order chi connectivity index (χ1) is 10.6. The molecule has 0 radical (unpaired) electrons. The zero-order valence-electron chi connectivity index (χ0n) is 13.6. The second-order valence-corrected chi connectivity index (χ2v) is 5.80. The number of rotatable bonds is 7. The first kappa shape index (κ1) is 16.2. The van der Waals surface area contributed by atoms with E-state index in [9.17, 15) is 0 Å². The van der Waals surface area contributed by atoms with Crippen molar-refractivity contribution in [2.75, 3.05) is 31.7 Å². The van der Waals surface area contributed by atoms with Crippen LogP contribution in [0.4, 0.5) is 17.5 Å². The SMILES string of the molecule is Cc1ccccc1Nc1ncc(CCCCN(C)C)c(N)n1. The molecule has 22 heavy (non-hydrogen) atoms. The number of nitrogen functional groups attached to an aromatic ring is 1. The van der Waals surface area contributed by atoms with Crippen LogP contribution in [0.2, 0.25) is 0 Å². The molecule has 0 atom stereocenters. The lowest BCUT2D eigenvalue weighted by Crippen LogP contribution is -2.13. The summed E-state index contributed by atoms with van der Waals surface area (Å²) in [6.45, 7) is 3.14. The summed E-state index contributed by atoms with van der Waals surface area (Å²) in [6.07, 6.45) is 4.99. The van der Waals surface area contributed by atoms with E-state index < -0.39 is 0 Å². The Morgan fingerprint density at radius 2 is 1.95 bits per heavy atom. The van der Waals surface area contributed by atoms with Crippen molar-refractivity contribution in [3.05, 3.63) is 41.6 Å². The summed E-state index contributed by atoms with van der Waals surface area (Å²) in [5, 5.41) is 3.21. The molecule has 0 aliphatic carbocycles. The van der Waals surface area contributed by atoms with E-state index in [-0.39, 0.29) is 0 Å². The number of aryl methyl sites for hydroxylation is 2. The monoisotopic (exact) mass is 299 g/mol. The molecule has 0 spiro atoms. The molecular formula is C17H25N5. The Bertz CT molecular complexity index is 610. The van der Waals surface area contributed by atoms with E-state index in [2.05, 4.69) is 34.3 Å². The molecule has 1 aromatic heterocycles. The minimum atomic E-state index is 0.545. The van der Waals surface area contributed by atoms with Crippen molar-refractivity contribution in [2.45, 2.75) is 26.2 Å². The summed E-state index contributed by atoms with van der Waals surface area (Å²) in [7, 11) is 4.17. The smallest absolute Gasteiger partial charge is 0.229 e. The van der Waals surface area contributed by atoms with Crippen molar-refractivity contribution in [1.82, 2.24) is 14.9 Å². The number of para-hydroxylation sites is 1. The lowest BCUT2D eigenvalue weighted by Gasteiger charge is -2.11. The van der Waals surface area contributed by atoms with Crippen molar-refractivity contribution in [1.29, 1.82) is 0 Å². The maximum atomic E-state index is 6.05. The number of hydrogen-bond donors (Lipinski definition) is 2. The van der Waals surface area contributed by atoms with Gasteiger partial charge < -0.3 is 16.0 Å². The van der Waals surface area contributed by atoms with Crippen molar-refractivity contribution < 1.29 is 0 Å². The molecule has 5 nitrogen and oxygen atoms in total. The molecule has 1 heterocycles. The third-order valence-electron chi connectivity index (χ3n) is 3.59. The van der Waals surface area contributed by atoms with Crippen LogP contribution in [0.15, 0.2) is 30.5 Å². The molecule has 5 heteroatoms. The van der Waals surface area contributed by atoms with Crippen LogP contribution in [0.25, 0.3) is 0 Å². The minimum Gasteiger partial charge on any atom is -0.383 e. The van der Waals surface area contributed by atoms with Gasteiger partial charge in [-0.1, -0.05) is 18.2 Å². The topological polar surface area (TPSA) is 67.1 Å². The standard InChI is InChI=1S/C17H25N5/c1-13-8-4-5-10-15(13)20-17-19-12-14(16(18)21-17)9-6-7-11-22(2)3/h4-5,8,10,12H,6-7,9,11H2,1-3H3,(H3,18,19,20,21). The fourth-order valence-electron chi connectivity index (χ4n) is 2.25. The lowest BCUT2D eigenvalue weighted by atomic mass is 10.1. The summed E-state index contributed by atoms with van der Waals surface area (Å²) in [6, 6.07) is 8.04. The third-order valence-corrected chi connectivity index (χ3v) is 3.59. The van der Waals surface area contributed by atoms with Gasteiger partial charge >= 0.3 is 0 Å². The molecular weight excluding hydrogens is 274 g/mol. The Labute approximate surface area is 132 Å². The molecule has 3 N–H and O–H groups in total. The van der Waals surface area contributed by atoms with E-state index in [1.165, 1.54) is 0 Å². The van der Waals surface area contributed by atoms with Crippen LogP contribution in [0.1, 0.15) is 24.0 Å². The number of unbranched alkanes of at least 4 members (excludes halogenated alkanes) is 1. The highest BCUT2D eigenvalue weighted by atomic mass is 15.1. The van der Waals surface area contributed by atoms with E-state index in [1.807, 2.05) is 37.4 Å². The van der Waals surface area contributed by atoms with Gasteiger partial charge in [-0.3, -0.25) is 0 Å². The largest absolute Gasteiger partial charge is 0.383 e. The van der Waals surface area contributed by atoms with E-state index in [1.54, 1.807) is 0 Å². The van der Waals surface area contributed by atoms with Crippen LogP contribution in [0, 0.1) is 6.92 Å². The normalized spacial score (nSPS) is 10.9. The van der Waals surface area contributed by atoms with E-state index >= 15 is 0 Å².